The second-order valence-electron chi connectivity index (χ2n) is 7.37. The van der Waals surface area contributed by atoms with Crippen LogP contribution in [0.5, 0.6) is 0 Å². The minimum absolute atomic E-state index is 0.763. The smallest absolute Gasteiger partial charge is 0.0113 e. The molecule has 1 saturated heterocycles. The number of rotatable bonds is 9. The van der Waals surface area contributed by atoms with Gasteiger partial charge in [-0.15, -0.1) is 0 Å². The third-order valence-electron chi connectivity index (χ3n) is 4.77. The fourth-order valence-corrected chi connectivity index (χ4v) is 3.15. The minimum atomic E-state index is 0.763. The summed E-state index contributed by atoms with van der Waals surface area (Å²) in [6, 6.07) is 0.763. The molecule has 3 nitrogen and oxygen atoms in total. The second-order valence-corrected chi connectivity index (χ2v) is 7.37. The van der Waals surface area contributed by atoms with Crippen LogP contribution in [0.4, 0.5) is 0 Å². The lowest BCUT2D eigenvalue weighted by Gasteiger charge is -2.38. The van der Waals surface area contributed by atoms with Gasteiger partial charge in [0, 0.05) is 38.8 Å². The Morgan fingerprint density at radius 2 is 1.75 bits per heavy atom. The van der Waals surface area contributed by atoms with Crippen molar-refractivity contribution in [3.05, 3.63) is 0 Å². The van der Waals surface area contributed by atoms with Crippen LogP contribution in [0, 0.1) is 11.8 Å². The van der Waals surface area contributed by atoms with Crippen LogP contribution in [0.15, 0.2) is 0 Å². The van der Waals surface area contributed by atoms with Crippen LogP contribution in [0.25, 0.3) is 0 Å². The Morgan fingerprint density at radius 1 is 1.05 bits per heavy atom. The van der Waals surface area contributed by atoms with Crippen molar-refractivity contribution in [1.29, 1.82) is 0 Å². The molecule has 0 aromatic heterocycles. The SMILES string of the molecule is CC(C)CNCCCC(C)N1CCN(CC2CC2)CC1. The standard InChI is InChI=1S/C17H35N3/c1-15(2)13-18-8-4-5-16(3)20-11-9-19(10-12-20)14-17-6-7-17/h15-18H,4-14H2,1-3H3. The Morgan fingerprint density at radius 3 is 2.35 bits per heavy atom. The molecule has 1 N–H and O–H groups in total. The summed E-state index contributed by atoms with van der Waals surface area (Å²) in [5, 5.41) is 3.55. The molecule has 1 aliphatic carbocycles. The van der Waals surface area contributed by atoms with Crippen LogP contribution < -0.4 is 5.32 Å². The van der Waals surface area contributed by atoms with Gasteiger partial charge >= 0.3 is 0 Å². The molecule has 2 aliphatic rings. The fourth-order valence-electron chi connectivity index (χ4n) is 3.15. The monoisotopic (exact) mass is 281 g/mol. The van der Waals surface area contributed by atoms with Gasteiger partial charge in [-0.25, -0.2) is 0 Å². The molecule has 2 rings (SSSR count). The van der Waals surface area contributed by atoms with E-state index in [-0.39, 0.29) is 0 Å². The Labute approximate surface area is 126 Å². The largest absolute Gasteiger partial charge is 0.316 e. The molecule has 20 heavy (non-hydrogen) atoms. The van der Waals surface area contributed by atoms with Gasteiger partial charge in [-0.3, -0.25) is 4.90 Å². The van der Waals surface area contributed by atoms with E-state index in [0.717, 1.165) is 24.4 Å². The summed E-state index contributed by atoms with van der Waals surface area (Å²) in [7, 11) is 0. The molecule has 1 unspecified atom stereocenters. The van der Waals surface area contributed by atoms with Crippen LogP contribution in [0.1, 0.15) is 46.5 Å². The van der Waals surface area contributed by atoms with Gasteiger partial charge in [0.2, 0.25) is 0 Å². The number of nitrogens with one attached hydrogen (secondary N) is 1. The highest BCUT2D eigenvalue weighted by Crippen LogP contribution is 2.30. The summed E-state index contributed by atoms with van der Waals surface area (Å²) < 4.78 is 0. The maximum atomic E-state index is 3.55. The van der Waals surface area contributed by atoms with Crippen molar-refractivity contribution in [3.63, 3.8) is 0 Å². The van der Waals surface area contributed by atoms with Crippen molar-refractivity contribution in [1.82, 2.24) is 15.1 Å². The van der Waals surface area contributed by atoms with E-state index >= 15 is 0 Å². The summed E-state index contributed by atoms with van der Waals surface area (Å²) in [6.07, 6.45) is 5.63. The van der Waals surface area contributed by atoms with Crippen molar-refractivity contribution in [2.75, 3.05) is 45.8 Å². The second kappa shape index (κ2) is 8.35. The van der Waals surface area contributed by atoms with Gasteiger partial charge in [-0.2, -0.15) is 0 Å². The van der Waals surface area contributed by atoms with Crippen LogP contribution in [-0.2, 0) is 0 Å². The number of hydrogen-bond donors (Lipinski definition) is 1. The van der Waals surface area contributed by atoms with Crippen molar-refractivity contribution in [2.24, 2.45) is 11.8 Å². The Kier molecular flexibility index (Phi) is 6.79. The molecule has 0 radical (unpaired) electrons. The molecule has 0 amide bonds. The van der Waals surface area contributed by atoms with Crippen LogP contribution in [-0.4, -0.2) is 61.7 Å². The predicted octanol–water partition coefficient (Wildman–Crippen LogP) is 2.43. The molecule has 0 aromatic rings. The quantitative estimate of drug-likeness (QED) is 0.655. The van der Waals surface area contributed by atoms with Crippen molar-refractivity contribution in [2.45, 2.75) is 52.5 Å². The normalized spacial score (nSPS) is 23.4. The lowest BCUT2D eigenvalue weighted by atomic mass is 10.1. The molecule has 2 fully saturated rings. The van der Waals surface area contributed by atoms with Crippen LogP contribution in [0.2, 0.25) is 0 Å². The highest BCUT2D eigenvalue weighted by Gasteiger charge is 2.27. The molecule has 0 aromatic carbocycles. The minimum Gasteiger partial charge on any atom is -0.316 e. The summed E-state index contributed by atoms with van der Waals surface area (Å²) in [4.78, 5) is 5.39. The van der Waals surface area contributed by atoms with E-state index in [1.54, 1.807) is 0 Å². The van der Waals surface area contributed by atoms with E-state index in [0.29, 0.717) is 0 Å². The van der Waals surface area contributed by atoms with Gasteiger partial charge in [0.15, 0.2) is 0 Å². The van der Waals surface area contributed by atoms with E-state index in [4.69, 9.17) is 0 Å². The van der Waals surface area contributed by atoms with Gasteiger partial charge in [0.05, 0.1) is 0 Å². The zero-order chi connectivity index (χ0) is 14.4. The van der Waals surface area contributed by atoms with E-state index in [2.05, 4.69) is 35.9 Å². The van der Waals surface area contributed by atoms with E-state index in [1.165, 1.54) is 65.0 Å². The lowest BCUT2D eigenvalue weighted by molar-refractivity contribution is 0.0951. The lowest BCUT2D eigenvalue weighted by Crippen LogP contribution is -2.50. The summed E-state index contributed by atoms with van der Waals surface area (Å²) in [6.45, 7) is 15.9. The number of piperazine rings is 1. The zero-order valence-electron chi connectivity index (χ0n) is 13.9. The third kappa shape index (κ3) is 6.11. The first kappa shape index (κ1) is 16.3. The Balaban J connectivity index is 1.51. The topological polar surface area (TPSA) is 18.5 Å². The summed E-state index contributed by atoms with van der Waals surface area (Å²) in [5.74, 6) is 1.82. The zero-order valence-corrected chi connectivity index (χ0v) is 13.9. The van der Waals surface area contributed by atoms with Gasteiger partial charge in [0.1, 0.15) is 0 Å². The van der Waals surface area contributed by atoms with Crippen LogP contribution >= 0.6 is 0 Å². The Bertz CT molecular complexity index is 255. The van der Waals surface area contributed by atoms with E-state index < -0.39 is 0 Å². The van der Waals surface area contributed by atoms with Crippen molar-refractivity contribution >= 4 is 0 Å². The number of hydrogen-bond acceptors (Lipinski definition) is 3. The summed E-state index contributed by atoms with van der Waals surface area (Å²) >= 11 is 0. The molecule has 0 bridgehead atoms. The van der Waals surface area contributed by atoms with E-state index in [1.807, 2.05) is 0 Å². The van der Waals surface area contributed by atoms with Crippen LogP contribution in [0.3, 0.4) is 0 Å². The maximum absolute atomic E-state index is 3.55. The molecular formula is C17H35N3. The number of nitrogens with zero attached hydrogens (tertiary/aromatic N) is 2. The molecule has 3 heteroatoms. The van der Waals surface area contributed by atoms with Gasteiger partial charge in [0.25, 0.3) is 0 Å². The molecule has 1 atom stereocenters. The summed E-state index contributed by atoms with van der Waals surface area (Å²) in [5.41, 5.74) is 0. The predicted molar refractivity (Wildman–Crippen MR) is 87.1 cm³/mol. The van der Waals surface area contributed by atoms with Crippen molar-refractivity contribution in [3.8, 4) is 0 Å². The molecule has 0 spiro atoms. The van der Waals surface area contributed by atoms with Gasteiger partial charge < -0.3 is 10.2 Å². The van der Waals surface area contributed by atoms with Crippen molar-refractivity contribution < 1.29 is 0 Å². The van der Waals surface area contributed by atoms with Gasteiger partial charge in [-0.05, 0) is 57.5 Å². The Hall–Kier alpha value is -0.120. The first-order valence-electron chi connectivity index (χ1n) is 8.82. The molecule has 1 saturated carbocycles. The first-order chi connectivity index (χ1) is 9.65. The molecule has 1 aliphatic heterocycles. The third-order valence-corrected chi connectivity index (χ3v) is 4.77. The molecule has 1 heterocycles. The maximum Gasteiger partial charge on any atom is 0.0113 e. The fraction of sp³-hybridized carbons (Fsp3) is 1.00. The highest BCUT2D eigenvalue weighted by molar-refractivity contribution is 4.82. The molecular weight excluding hydrogens is 246 g/mol. The molecule has 118 valence electrons. The average molecular weight is 281 g/mol. The average Bonchev–Trinajstić information content (AvgIpc) is 3.22. The first-order valence-corrected chi connectivity index (χ1v) is 8.82. The van der Waals surface area contributed by atoms with Gasteiger partial charge in [-0.1, -0.05) is 13.8 Å². The van der Waals surface area contributed by atoms with E-state index in [9.17, 15) is 0 Å². The highest BCUT2D eigenvalue weighted by atomic mass is 15.3.